The van der Waals surface area contributed by atoms with Crippen LogP contribution in [-0.2, 0) is 18.3 Å². The molecule has 1 aliphatic rings. The quantitative estimate of drug-likeness (QED) is 0.860. The number of hydrogen-bond donors (Lipinski definition) is 0. The van der Waals surface area contributed by atoms with Gasteiger partial charge in [-0.2, -0.15) is 5.10 Å². The van der Waals surface area contributed by atoms with Gasteiger partial charge in [0, 0.05) is 58.4 Å². The Kier molecular flexibility index (Phi) is 4.63. The first-order valence-electron chi connectivity index (χ1n) is 7.99. The average molecular weight is 315 g/mol. The van der Waals surface area contributed by atoms with Crippen molar-refractivity contribution < 1.29 is 4.74 Å². The second-order valence-corrected chi connectivity index (χ2v) is 6.33. The van der Waals surface area contributed by atoms with Gasteiger partial charge >= 0.3 is 0 Å². The summed E-state index contributed by atoms with van der Waals surface area (Å²) in [7, 11) is 6.09. The number of aryl methyl sites for hydroxylation is 2. The van der Waals surface area contributed by atoms with Gasteiger partial charge in [0.1, 0.15) is 6.10 Å². The van der Waals surface area contributed by atoms with Gasteiger partial charge < -0.3 is 9.64 Å². The zero-order chi connectivity index (χ0) is 16.4. The Hall–Kier alpha value is -1.92. The van der Waals surface area contributed by atoms with Gasteiger partial charge in [0.25, 0.3) is 0 Å². The highest BCUT2D eigenvalue weighted by molar-refractivity contribution is 5.47. The lowest BCUT2D eigenvalue weighted by Gasteiger charge is -2.33. The maximum Gasteiger partial charge on any atom is 0.112 e. The van der Waals surface area contributed by atoms with Gasteiger partial charge in [0.15, 0.2) is 0 Å². The van der Waals surface area contributed by atoms with E-state index in [9.17, 15) is 0 Å². The van der Waals surface area contributed by atoms with Crippen molar-refractivity contribution in [2.75, 3.05) is 38.7 Å². The summed E-state index contributed by atoms with van der Waals surface area (Å²) in [5.74, 6) is 0. The molecule has 3 heterocycles. The van der Waals surface area contributed by atoms with Crippen molar-refractivity contribution in [3.63, 3.8) is 0 Å². The SMILES string of the molecule is Cc1cc(N(C)C)cc(C2CN(Cc3ccnn3C)CCO2)n1. The summed E-state index contributed by atoms with van der Waals surface area (Å²) in [5.41, 5.74) is 4.43. The van der Waals surface area contributed by atoms with Gasteiger partial charge in [-0.1, -0.05) is 0 Å². The van der Waals surface area contributed by atoms with Crippen LogP contribution in [-0.4, -0.2) is 53.5 Å². The first-order valence-corrected chi connectivity index (χ1v) is 7.99. The zero-order valence-corrected chi connectivity index (χ0v) is 14.4. The van der Waals surface area contributed by atoms with Crippen LogP contribution in [0.5, 0.6) is 0 Å². The van der Waals surface area contributed by atoms with E-state index in [2.05, 4.69) is 47.2 Å². The number of rotatable bonds is 4. The number of aromatic nitrogens is 3. The van der Waals surface area contributed by atoms with E-state index in [0.717, 1.165) is 37.6 Å². The molecule has 0 radical (unpaired) electrons. The molecule has 23 heavy (non-hydrogen) atoms. The lowest BCUT2D eigenvalue weighted by Crippen LogP contribution is -2.38. The van der Waals surface area contributed by atoms with E-state index in [1.165, 1.54) is 11.4 Å². The fraction of sp³-hybridized carbons (Fsp3) is 0.529. The van der Waals surface area contributed by atoms with Crippen LogP contribution in [0.15, 0.2) is 24.4 Å². The first kappa shape index (κ1) is 16.0. The highest BCUT2D eigenvalue weighted by Gasteiger charge is 2.24. The summed E-state index contributed by atoms with van der Waals surface area (Å²) in [6, 6.07) is 6.30. The molecule has 1 saturated heterocycles. The molecule has 1 unspecified atom stereocenters. The molecule has 1 aliphatic heterocycles. The van der Waals surface area contributed by atoms with Crippen LogP contribution in [0.1, 0.15) is 23.2 Å². The molecule has 6 nitrogen and oxygen atoms in total. The van der Waals surface area contributed by atoms with Crippen molar-refractivity contribution in [2.45, 2.75) is 19.6 Å². The third-order valence-electron chi connectivity index (χ3n) is 4.26. The van der Waals surface area contributed by atoms with E-state index < -0.39 is 0 Å². The van der Waals surface area contributed by atoms with Crippen LogP contribution in [0.2, 0.25) is 0 Å². The minimum Gasteiger partial charge on any atom is -0.378 e. The van der Waals surface area contributed by atoms with Crippen molar-refractivity contribution >= 4 is 5.69 Å². The second kappa shape index (κ2) is 6.68. The summed E-state index contributed by atoms with van der Waals surface area (Å²) in [5, 5.41) is 4.24. The molecule has 2 aromatic heterocycles. The van der Waals surface area contributed by atoms with Crippen molar-refractivity contribution in [1.29, 1.82) is 0 Å². The fourth-order valence-corrected chi connectivity index (χ4v) is 2.91. The number of ether oxygens (including phenoxy) is 1. The summed E-state index contributed by atoms with van der Waals surface area (Å²) in [4.78, 5) is 9.21. The number of anilines is 1. The normalized spacial score (nSPS) is 19.0. The van der Waals surface area contributed by atoms with Crippen LogP contribution >= 0.6 is 0 Å². The van der Waals surface area contributed by atoms with Crippen molar-refractivity contribution in [1.82, 2.24) is 19.7 Å². The predicted octanol–water partition coefficient (Wildman–Crippen LogP) is 1.76. The maximum atomic E-state index is 5.99. The third kappa shape index (κ3) is 3.71. The smallest absolute Gasteiger partial charge is 0.112 e. The lowest BCUT2D eigenvalue weighted by atomic mass is 10.1. The molecule has 0 spiro atoms. The van der Waals surface area contributed by atoms with Crippen LogP contribution < -0.4 is 4.90 Å². The van der Waals surface area contributed by atoms with E-state index in [-0.39, 0.29) is 6.10 Å². The molecular weight excluding hydrogens is 290 g/mol. The van der Waals surface area contributed by atoms with Gasteiger partial charge in [-0.3, -0.25) is 14.6 Å². The summed E-state index contributed by atoms with van der Waals surface area (Å²) < 4.78 is 7.92. The van der Waals surface area contributed by atoms with Crippen LogP contribution in [0.25, 0.3) is 0 Å². The minimum atomic E-state index is 0.0237. The largest absolute Gasteiger partial charge is 0.378 e. The van der Waals surface area contributed by atoms with Gasteiger partial charge in [-0.05, 0) is 25.1 Å². The highest BCUT2D eigenvalue weighted by Crippen LogP contribution is 2.25. The molecule has 0 aliphatic carbocycles. The van der Waals surface area contributed by atoms with Crippen LogP contribution in [0, 0.1) is 6.92 Å². The number of morpholine rings is 1. The monoisotopic (exact) mass is 315 g/mol. The number of hydrogen-bond acceptors (Lipinski definition) is 5. The molecule has 6 heteroatoms. The van der Waals surface area contributed by atoms with Crippen molar-refractivity contribution in [3.05, 3.63) is 41.5 Å². The lowest BCUT2D eigenvalue weighted by molar-refractivity contribution is -0.0356. The Bertz CT molecular complexity index is 667. The average Bonchev–Trinajstić information content (AvgIpc) is 2.92. The van der Waals surface area contributed by atoms with Crippen molar-refractivity contribution in [2.24, 2.45) is 7.05 Å². The summed E-state index contributed by atoms with van der Waals surface area (Å²) >= 11 is 0. The van der Waals surface area contributed by atoms with Gasteiger partial charge in [0.2, 0.25) is 0 Å². The highest BCUT2D eigenvalue weighted by atomic mass is 16.5. The van der Waals surface area contributed by atoms with Crippen molar-refractivity contribution in [3.8, 4) is 0 Å². The predicted molar refractivity (Wildman–Crippen MR) is 90.5 cm³/mol. The number of nitrogens with zero attached hydrogens (tertiary/aromatic N) is 5. The standard InChI is InChI=1S/C17H25N5O/c1-13-9-15(20(2)3)10-16(19-13)17-12-22(7-8-23-17)11-14-5-6-18-21(14)4/h5-6,9-10,17H,7-8,11-12H2,1-4H3. The zero-order valence-electron chi connectivity index (χ0n) is 14.4. The Morgan fingerprint density at radius 1 is 1.35 bits per heavy atom. The van der Waals surface area contributed by atoms with E-state index >= 15 is 0 Å². The summed E-state index contributed by atoms with van der Waals surface area (Å²) in [6.07, 6.45) is 1.87. The Balaban J connectivity index is 1.74. The van der Waals surface area contributed by atoms with Gasteiger partial charge in [-0.15, -0.1) is 0 Å². The Labute approximate surface area is 137 Å². The molecular formula is C17H25N5O. The second-order valence-electron chi connectivity index (χ2n) is 6.33. The topological polar surface area (TPSA) is 46.4 Å². The molecule has 2 aromatic rings. The molecule has 0 bridgehead atoms. The molecule has 0 aromatic carbocycles. The summed E-state index contributed by atoms with van der Waals surface area (Å²) in [6.45, 7) is 5.45. The van der Waals surface area contributed by atoms with Crippen LogP contribution in [0.4, 0.5) is 5.69 Å². The Morgan fingerprint density at radius 2 is 2.17 bits per heavy atom. The molecule has 1 fully saturated rings. The number of pyridine rings is 1. The first-order chi connectivity index (χ1) is 11.0. The van der Waals surface area contributed by atoms with Gasteiger partial charge in [0.05, 0.1) is 18.0 Å². The Morgan fingerprint density at radius 3 is 2.87 bits per heavy atom. The third-order valence-corrected chi connectivity index (χ3v) is 4.26. The van der Waals surface area contributed by atoms with Crippen LogP contribution in [0.3, 0.4) is 0 Å². The fourth-order valence-electron chi connectivity index (χ4n) is 2.91. The van der Waals surface area contributed by atoms with E-state index in [4.69, 9.17) is 9.72 Å². The molecule has 3 rings (SSSR count). The minimum absolute atomic E-state index is 0.0237. The molecule has 1 atom stereocenters. The van der Waals surface area contributed by atoms with E-state index in [1.54, 1.807) is 0 Å². The molecule has 0 saturated carbocycles. The molecule has 0 amide bonds. The van der Waals surface area contributed by atoms with E-state index in [0.29, 0.717) is 0 Å². The maximum absolute atomic E-state index is 5.99. The molecule has 0 N–H and O–H groups in total. The van der Waals surface area contributed by atoms with Gasteiger partial charge in [-0.25, -0.2) is 0 Å². The molecule has 124 valence electrons. The van der Waals surface area contributed by atoms with E-state index in [1.807, 2.05) is 24.9 Å².